The fourth-order valence-electron chi connectivity index (χ4n) is 1.92. The smallest absolute Gasteiger partial charge is 0.101 e. The second kappa shape index (κ2) is 5.05. The number of aliphatic hydroxyl groups is 1. The van der Waals surface area contributed by atoms with Gasteiger partial charge in [-0.2, -0.15) is 0 Å². The number of aromatic nitrogens is 1. The Morgan fingerprint density at radius 3 is 3.07 bits per heavy atom. The van der Waals surface area contributed by atoms with Gasteiger partial charge >= 0.3 is 0 Å². The minimum Gasteiger partial charge on any atom is -0.396 e. The number of hydrogen-bond acceptors (Lipinski definition) is 4. The van der Waals surface area contributed by atoms with E-state index in [4.69, 9.17) is 9.84 Å². The molecule has 2 rings (SSSR count). The highest BCUT2D eigenvalue weighted by molar-refractivity contribution is 7.11. The van der Waals surface area contributed by atoms with Crippen LogP contribution in [-0.2, 0) is 11.2 Å². The van der Waals surface area contributed by atoms with Crippen LogP contribution in [0.1, 0.15) is 40.9 Å². The molecule has 1 aliphatic heterocycles. The molecule has 1 unspecified atom stereocenters. The predicted octanol–water partition coefficient (Wildman–Crippen LogP) is 2.23. The highest BCUT2D eigenvalue weighted by Crippen LogP contribution is 2.31. The summed E-state index contributed by atoms with van der Waals surface area (Å²) in [5.41, 5.74) is 1.10. The second-order valence-corrected chi connectivity index (χ2v) is 5.17. The highest BCUT2D eigenvalue weighted by Gasteiger charge is 2.21. The van der Waals surface area contributed by atoms with E-state index >= 15 is 0 Å². The van der Waals surface area contributed by atoms with Crippen molar-refractivity contribution >= 4 is 11.3 Å². The number of rotatable bonds is 3. The summed E-state index contributed by atoms with van der Waals surface area (Å²) < 4.78 is 5.72. The molecule has 1 atom stereocenters. The summed E-state index contributed by atoms with van der Waals surface area (Å²) >= 11 is 1.68. The van der Waals surface area contributed by atoms with Gasteiger partial charge in [-0.1, -0.05) is 0 Å². The molecule has 1 N–H and O–H groups in total. The quantitative estimate of drug-likeness (QED) is 0.861. The van der Waals surface area contributed by atoms with Crippen molar-refractivity contribution < 1.29 is 9.84 Å². The zero-order valence-corrected chi connectivity index (χ0v) is 9.85. The van der Waals surface area contributed by atoms with Gasteiger partial charge in [0.25, 0.3) is 0 Å². The van der Waals surface area contributed by atoms with E-state index in [-0.39, 0.29) is 12.7 Å². The Labute approximate surface area is 94.1 Å². The number of aliphatic hydroxyl groups excluding tert-OH is 1. The molecule has 0 saturated carbocycles. The third-order valence-corrected chi connectivity index (χ3v) is 3.73. The topological polar surface area (TPSA) is 42.4 Å². The fraction of sp³-hybridized carbons (Fsp3) is 0.727. The molecule has 0 aliphatic carbocycles. The lowest BCUT2D eigenvalue weighted by molar-refractivity contribution is 0.0122. The summed E-state index contributed by atoms with van der Waals surface area (Å²) in [6, 6.07) is 0. The Morgan fingerprint density at radius 2 is 2.40 bits per heavy atom. The van der Waals surface area contributed by atoms with Gasteiger partial charge in [0.2, 0.25) is 0 Å². The van der Waals surface area contributed by atoms with Gasteiger partial charge in [0, 0.05) is 24.5 Å². The first-order valence-electron chi connectivity index (χ1n) is 5.50. The lowest BCUT2D eigenvalue weighted by Gasteiger charge is -2.21. The third kappa shape index (κ3) is 2.56. The minimum atomic E-state index is 0.178. The van der Waals surface area contributed by atoms with Crippen LogP contribution in [0.25, 0.3) is 0 Å². The van der Waals surface area contributed by atoms with Gasteiger partial charge < -0.3 is 9.84 Å². The van der Waals surface area contributed by atoms with Gasteiger partial charge in [0.05, 0.1) is 10.7 Å². The highest BCUT2D eigenvalue weighted by atomic mass is 32.1. The van der Waals surface area contributed by atoms with E-state index in [2.05, 4.69) is 11.9 Å². The summed E-state index contributed by atoms with van der Waals surface area (Å²) in [6.45, 7) is 3.13. The van der Waals surface area contributed by atoms with E-state index in [0.29, 0.717) is 6.42 Å². The van der Waals surface area contributed by atoms with Gasteiger partial charge in [-0.15, -0.1) is 11.3 Å². The van der Waals surface area contributed by atoms with Crippen LogP contribution in [0, 0.1) is 6.92 Å². The lowest BCUT2D eigenvalue weighted by Crippen LogP contribution is -2.12. The number of thiazole rings is 1. The van der Waals surface area contributed by atoms with Gasteiger partial charge in [0.15, 0.2) is 0 Å². The number of hydrogen-bond donors (Lipinski definition) is 1. The molecule has 1 aromatic heterocycles. The Balaban J connectivity index is 2.11. The Morgan fingerprint density at radius 1 is 1.53 bits per heavy atom. The van der Waals surface area contributed by atoms with Gasteiger partial charge in [0.1, 0.15) is 6.10 Å². The first-order valence-corrected chi connectivity index (χ1v) is 6.31. The average Bonchev–Trinajstić information content (AvgIpc) is 2.61. The van der Waals surface area contributed by atoms with Crippen LogP contribution < -0.4 is 0 Å². The maximum absolute atomic E-state index is 8.87. The van der Waals surface area contributed by atoms with Crippen molar-refractivity contribution in [2.24, 2.45) is 0 Å². The van der Waals surface area contributed by atoms with Gasteiger partial charge in [-0.25, -0.2) is 4.98 Å². The number of ether oxygens (including phenoxy) is 1. The van der Waals surface area contributed by atoms with E-state index in [1.807, 2.05) is 0 Å². The van der Waals surface area contributed by atoms with Crippen molar-refractivity contribution in [3.63, 3.8) is 0 Å². The molecule has 1 saturated heterocycles. The summed E-state index contributed by atoms with van der Waals surface area (Å²) in [6.07, 6.45) is 4.35. The van der Waals surface area contributed by atoms with Crippen LogP contribution in [0.15, 0.2) is 0 Å². The van der Waals surface area contributed by atoms with Crippen LogP contribution in [0.4, 0.5) is 0 Å². The number of aryl methyl sites for hydroxylation is 1. The lowest BCUT2D eigenvalue weighted by atomic mass is 10.1. The Hall–Kier alpha value is -0.450. The largest absolute Gasteiger partial charge is 0.396 e. The van der Waals surface area contributed by atoms with Crippen molar-refractivity contribution in [2.45, 2.75) is 38.7 Å². The first-order chi connectivity index (χ1) is 7.31. The fourth-order valence-corrected chi connectivity index (χ4v) is 2.89. The van der Waals surface area contributed by atoms with Crippen LogP contribution >= 0.6 is 11.3 Å². The van der Waals surface area contributed by atoms with E-state index in [1.165, 1.54) is 17.7 Å². The Kier molecular flexibility index (Phi) is 3.72. The maximum atomic E-state index is 8.87. The van der Waals surface area contributed by atoms with E-state index < -0.39 is 0 Å². The minimum absolute atomic E-state index is 0.178. The monoisotopic (exact) mass is 227 g/mol. The molecule has 4 heteroatoms. The van der Waals surface area contributed by atoms with Crippen molar-refractivity contribution in [1.29, 1.82) is 0 Å². The maximum Gasteiger partial charge on any atom is 0.101 e. The van der Waals surface area contributed by atoms with Crippen LogP contribution in [0.5, 0.6) is 0 Å². The van der Waals surface area contributed by atoms with Crippen LogP contribution in [0.2, 0.25) is 0 Å². The molecule has 15 heavy (non-hydrogen) atoms. The van der Waals surface area contributed by atoms with Crippen LogP contribution in [0.3, 0.4) is 0 Å². The molecule has 0 spiro atoms. The summed E-state index contributed by atoms with van der Waals surface area (Å²) in [5.74, 6) is 0. The molecule has 0 amide bonds. The first kappa shape index (κ1) is 11.0. The van der Waals surface area contributed by atoms with Gasteiger partial charge in [-0.05, 0) is 26.2 Å². The standard InChI is InChI=1S/C11H17NO2S/c1-8-11(9-4-2-3-7-14-9)12-10(15-8)5-6-13/h9,13H,2-7H2,1H3. The SMILES string of the molecule is Cc1sc(CCO)nc1C1CCCCO1. The normalized spacial score (nSPS) is 21.9. The second-order valence-electron chi connectivity index (χ2n) is 3.88. The van der Waals surface area contributed by atoms with Crippen molar-refractivity contribution in [1.82, 2.24) is 4.98 Å². The molecular weight excluding hydrogens is 210 g/mol. The van der Waals surface area contributed by atoms with E-state index in [0.717, 1.165) is 23.7 Å². The molecule has 3 nitrogen and oxygen atoms in total. The van der Waals surface area contributed by atoms with Crippen molar-refractivity contribution in [2.75, 3.05) is 13.2 Å². The Bertz CT molecular complexity index is 318. The zero-order chi connectivity index (χ0) is 10.7. The molecule has 1 aliphatic rings. The third-order valence-electron chi connectivity index (χ3n) is 2.69. The van der Waals surface area contributed by atoms with Gasteiger partial charge in [-0.3, -0.25) is 0 Å². The molecule has 84 valence electrons. The molecule has 0 radical (unpaired) electrons. The number of nitrogens with zero attached hydrogens (tertiary/aromatic N) is 1. The summed E-state index contributed by atoms with van der Waals surface area (Å²) in [4.78, 5) is 5.80. The molecule has 1 fully saturated rings. The molecule has 0 aromatic carbocycles. The molecule has 2 heterocycles. The molecular formula is C11H17NO2S. The summed E-state index contributed by atoms with van der Waals surface area (Å²) in [7, 11) is 0. The molecule has 1 aromatic rings. The zero-order valence-electron chi connectivity index (χ0n) is 9.03. The molecule has 0 bridgehead atoms. The van der Waals surface area contributed by atoms with E-state index in [9.17, 15) is 0 Å². The van der Waals surface area contributed by atoms with Crippen molar-refractivity contribution in [3.05, 3.63) is 15.6 Å². The van der Waals surface area contributed by atoms with E-state index in [1.54, 1.807) is 11.3 Å². The predicted molar refractivity (Wildman–Crippen MR) is 60.2 cm³/mol. The van der Waals surface area contributed by atoms with Crippen molar-refractivity contribution in [3.8, 4) is 0 Å². The summed E-state index contributed by atoms with van der Waals surface area (Å²) in [5, 5.41) is 9.89. The average molecular weight is 227 g/mol. The van der Waals surface area contributed by atoms with Crippen LogP contribution in [-0.4, -0.2) is 23.3 Å².